The molecule has 0 fully saturated rings. The Balaban J connectivity index is 3.04. The van der Waals surface area contributed by atoms with E-state index in [0.717, 1.165) is 0 Å². The van der Waals surface area contributed by atoms with Gasteiger partial charge in [0.05, 0.1) is 18.4 Å². The summed E-state index contributed by atoms with van der Waals surface area (Å²) in [5.41, 5.74) is 0.480. The molecule has 0 amide bonds. The van der Waals surface area contributed by atoms with Gasteiger partial charge in [-0.2, -0.15) is 0 Å². The summed E-state index contributed by atoms with van der Waals surface area (Å²) < 4.78 is 4.77. The van der Waals surface area contributed by atoms with E-state index in [4.69, 9.17) is 22.2 Å². The topological polar surface area (TPSA) is 89.9 Å². The molecule has 0 unspecified atom stereocenters. The van der Waals surface area contributed by atoms with Gasteiger partial charge in [-0.15, -0.1) is 5.11 Å². The first-order chi connectivity index (χ1) is 7.19. The molecule has 0 spiro atoms. The molecule has 7 heteroatoms. The van der Waals surface area contributed by atoms with Crippen LogP contribution in [0, 0.1) is 0 Å². The fourth-order valence-electron chi connectivity index (χ4n) is 0.910. The Hall–Kier alpha value is -1.69. The van der Waals surface area contributed by atoms with E-state index in [1.165, 1.54) is 12.3 Å². The molecule has 0 aromatic carbocycles. The highest BCUT2D eigenvalue weighted by molar-refractivity contribution is 6.32. The first-order valence-electron chi connectivity index (χ1n) is 4.12. The van der Waals surface area contributed by atoms with Crippen molar-refractivity contribution in [1.29, 1.82) is 0 Å². The molecule has 15 heavy (non-hydrogen) atoms. The SMILES string of the molecule is CCOC(=O)c1cc(N=NN)cnc1Cl. The molecule has 0 atom stereocenters. The zero-order valence-corrected chi connectivity index (χ0v) is 8.73. The van der Waals surface area contributed by atoms with Gasteiger partial charge in [0.15, 0.2) is 0 Å². The van der Waals surface area contributed by atoms with Crippen LogP contribution in [0.4, 0.5) is 5.69 Å². The summed E-state index contributed by atoms with van der Waals surface area (Å²) in [6.07, 6.45) is 1.35. The smallest absolute Gasteiger partial charge is 0.341 e. The molecule has 0 aliphatic heterocycles. The number of hydrogen-bond donors (Lipinski definition) is 1. The normalized spacial score (nSPS) is 10.5. The van der Waals surface area contributed by atoms with Crippen LogP contribution in [0.1, 0.15) is 17.3 Å². The van der Waals surface area contributed by atoms with E-state index in [1.54, 1.807) is 6.92 Å². The van der Waals surface area contributed by atoms with E-state index in [0.29, 0.717) is 5.69 Å². The fourth-order valence-corrected chi connectivity index (χ4v) is 1.09. The molecule has 6 nitrogen and oxygen atoms in total. The average molecular weight is 229 g/mol. The van der Waals surface area contributed by atoms with E-state index < -0.39 is 5.97 Å². The van der Waals surface area contributed by atoms with Gasteiger partial charge >= 0.3 is 5.97 Å². The molecule has 2 N–H and O–H groups in total. The summed E-state index contributed by atoms with van der Waals surface area (Å²) in [7, 11) is 0. The van der Waals surface area contributed by atoms with Crippen molar-refractivity contribution in [3.63, 3.8) is 0 Å². The third-order valence-corrected chi connectivity index (χ3v) is 1.79. The number of esters is 1. The predicted molar refractivity (Wildman–Crippen MR) is 53.9 cm³/mol. The molecule has 0 aliphatic carbocycles. The Morgan fingerprint density at radius 3 is 3.07 bits per heavy atom. The van der Waals surface area contributed by atoms with Gasteiger partial charge in [-0.25, -0.2) is 9.78 Å². The molecule has 0 saturated heterocycles. The number of ether oxygens (including phenoxy) is 1. The van der Waals surface area contributed by atoms with Crippen molar-refractivity contribution in [2.45, 2.75) is 6.92 Å². The van der Waals surface area contributed by atoms with Gasteiger partial charge in [0.25, 0.3) is 0 Å². The number of nitrogens with zero attached hydrogens (tertiary/aromatic N) is 3. The second-order valence-electron chi connectivity index (χ2n) is 2.47. The first-order valence-corrected chi connectivity index (χ1v) is 4.50. The molecule has 0 saturated carbocycles. The van der Waals surface area contributed by atoms with Crippen molar-refractivity contribution in [2.75, 3.05) is 6.61 Å². The maximum Gasteiger partial charge on any atom is 0.341 e. The van der Waals surface area contributed by atoms with Crippen LogP contribution >= 0.6 is 11.6 Å². The molecule has 1 rings (SSSR count). The van der Waals surface area contributed by atoms with Crippen molar-refractivity contribution in [1.82, 2.24) is 4.98 Å². The molecule has 0 aliphatic rings. The number of aromatic nitrogens is 1. The quantitative estimate of drug-likeness (QED) is 0.281. The van der Waals surface area contributed by atoms with Crippen molar-refractivity contribution >= 4 is 23.3 Å². The Kier molecular flexibility index (Phi) is 3.99. The zero-order chi connectivity index (χ0) is 11.3. The molecular weight excluding hydrogens is 220 g/mol. The van der Waals surface area contributed by atoms with Crippen molar-refractivity contribution in [2.24, 2.45) is 16.2 Å². The van der Waals surface area contributed by atoms with Crippen LogP contribution in [0.5, 0.6) is 0 Å². The van der Waals surface area contributed by atoms with Crippen molar-refractivity contribution < 1.29 is 9.53 Å². The lowest BCUT2D eigenvalue weighted by Crippen LogP contribution is -2.05. The van der Waals surface area contributed by atoms with Crippen LogP contribution < -0.4 is 5.84 Å². The van der Waals surface area contributed by atoms with E-state index >= 15 is 0 Å². The van der Waals surface area contributed by atoms with Crippen molar-refractivity contribution in [3.8, 4) is 0 Å². The summed E-state index contributed by atoms with van der Waals surface area (Å²) in [6, 6.07) is 1.41. The Bertz CT molecular complexity index is 394. The molecule has 0 radical (unpaired) electrons. The Morgan fingerprint density at radius 2 is 2.47 bits per heavy atom. The highest BCUT2D eigenvalue weighted by Crippen LogP contribution is 2.20. The van der Waals surface area contributed by atoms with Gasteiger partial charge in [0.1, 0.15) is 10.8 Å². The monoisotopic (exact) mass is 228 g/mol. The number of carbonyl (C=O) groups excluding carboxylic acids is 1. The number of hydrogen-bond acceptors (Lipinski definition) is 5. The van der Waals surface area contributed by atoms with Gasteiger partial charge < -0.3 is 10.6 Å². The second-order valence-corrected chi connectivity index (χ2v) is 2.83. The van der Waals surface area contributed by atoms with E-state index in [2.05, 4.69) is 15.3 Å². The van der Waals surface area contributed by atoms with Crippen LogP contribution in [-0.2, 0) is 4.74 Å². The summed E-state index contributed by atoms with van der Waals surface area (Å²) in [4.78, 5) is 15.1. The fraction of sp³-hybridized carbons (Fsp3) is 0.250. The lowest BCUT2D eigenvalue weighted by molar-refractivity contribution is 0.0526. The lowest BCUT2D eigenvalue weighted by Gasteiger charge is -2.03. The molecule has 1 heterocycles. The molecule has 1 aromatic rings. The van der Waals surface area contributed by atoms with E-state index in [-0.39, 0.29) is 17.3 Å². The number of pyridine rings is 1. The minimum Gasteiger partial charge on any atom is -0.462 e. The van der Waals surface area contributed by atoms with Crippen LogP contribution in [0.15, 0.2) is 22.6 Å². The Labute approximate surface area is 91.1 Å². The Morgan fingerprint density at radius 1 is 1.73 bits per heavy atom. The number of halogens is 1. The zero-order valence-electron chi connectivity index (χ0n) is 7.98. The molecular formula is C8H9ClN4O2. The maximum atomic E-state index is 11.4. The first kappa shape index (κ1) is 11.4. The maximum absolute atomic E-state index is 11.4. The highest BCUT2D eigenvalue weighted by atomic mass is 35.5. The van der Waals surface area contributed by atoms with Crippen LogP contribution in [0.25, 0.3) is 0 Å². The summed E-state index contributed by atoms with van der Waals surface area (Å²) in [5.74, 6) is 4.31. The van der Waals surface area contributed by atoms with Crippen LogP contribution in [0.2, 0.25) is 5.15 Å². The minimum absolute atomic E-state index is 0.0596. The standard InChI is InChI=1S/C8H9ClN4O2/c1-2-15-8(14)6-3-5(12-13-10)4-11-7(6)9/h3-4H,2H2,1H3,(H2,10,12). The average Bonchev–Trinajstić information content (AvgIpc) is 2.21. The van der Waals surface area contributed by atoms with Gasteiger partial charge in [0.2, 0.25) is 0 Å². The lowest BCUT2D eigenvalue weighted by atomic mass is 10.2. The molecule has 0 bridgehead atoms. The van der Waals surface area contributed by atoms with Crippen LogP contribution in [-0.4, -0.2) is 17.6 Å². The van der Waals surface area contributed by atoms with E-state index in [9.17, 15) is 4.79 Å². The largest absolute Gasteiger partial charge is 0.462 e. The van der Waals surface area contributed by atoms with Crippen molar-refractivity contribution in [3.05, 3.63) is 23.0 Å². The molecule has 80 valence electrons. The minimum atomic E-state index is -0.552. The second kappa shape index (κ2) is 5.26. The predicted octanol–water partition coefficient (Wildman–Crippen LogP) is 1.87. The third-order valence-electron chi connectivity index (χ3n) is 1.49. The van der Waals surface area contributed by atoms with Gasteiger partial charge in [0, 0.05) is 0 Å². The van der Waals surface area contributed by atoms with E-state index in [1.807, 2.05) is 0 Å². The van der Waals surface area contributed by atoms with Gasteiger partial charge in [-0.1, -0.05) is 16.8 Å². The number of nitrogens with two attached hydrogens (primary N) is 1. The van der Waals surface area contributed by atoms with Crippen LogP contribution in [0.3, 0.4) is 0 Å². The number of carbonyl (C=O) groups is 1. The summed E-state index contributed by atoms with van der Waals surface area (Å²) >= 11 is 5.71. The van der Waals surface area contributed by atoms with Gasteiger partial charge in [-0.3, -0.25) is 0 Å². The highest BCUT2D eigenvalue weighted by Gasteiger charge is 2.13. The third kappa shape index (κ3) is 2.88. The molecule has 1 aromatic heterocycles. The number of rotatable bonds is 3. The van der Waals surface area contributed by atoms with Gasteiger partial charge in [-0.05, 0) is 13.0 Å². The summed E-state index contributed by atoms with van der Waals surface area (Å²) in [6.45, 7) is 1.96. The summed E-state index contributed by atoms with van der Waals surface area (Å²) in [5, 5.41) is 6.66.